The van der Waals surface area contributed by atoms with Gasteiger partial charge in [-0.3, -0.25) is 0 Å². The molecule has 0 aliphatic rings. The lowest BCUT2D eigenvalue weighted by Crippen LogP contribution is -2.03. The van der Waals surface area contributed by atoms with Crippen molar-refractivity contribution in [3.05, 3.63) is 70.4 Å². The number of halogens is 1. The lowest BCUT2D eigenvalue weighted by molar-refractivity contribution is 0.835. The van der Waals surface area contributed by atoms with Gasteiger partial charge in [-0.05, 0) is 60.2 Å². The molecule has 0 saturated carbocycles. The topological polar surface area (TPSA) is 30.9 Å². The molecule has 0 unspecified atom stereocenters. The zero-order valence-corrected chi connectivity index (χ0v) is 12.9. The van der Waals surface area contributed by atoms with E-state index >= 15 is 0 Å². The van der Waals surface area contributed by atoms with Crippen LogP contribution in [0.4, 0.5) is 0 Å². The first-order valence-electron chi connectivity index (χ1n) is 7.20. The van der Waals surface area contributed by atoms with E-state index in [1.54, 1.807) is 0 Å². The van der Waals surface area contributed by atoms with Gasteiger partial charge in [0.1, 0.15) is 0 Å². The largest absolute Gasteiger partial charge is 0.343 e. The lowest BCUT2D eigenvalue weighted by atomic mass is 10.1. The number of hydrogen-bond acceptors (Lipinski definition) is 1. The fraction of sp³-hybridized carbons (Fsp3) is 0.222. The molecule has 1 heterocycles. The molecule has 0 bridgehead atoms. The predicted octanol–water partition coefficient (Wildman–Crippen LogP) is 4.15. The number of aryl methyl sites for hydroxylation is 1. The summed E-state index contributed by atoms with van der Waals surface area (Å²) in [6, 6.07) is 14.9. The Hall–Kier alpha value is -1.77. The van der Waals surface area contributed by atoms with Crippen LogP contribution in [0.1, 0.15) is 16.7 Å². The Labute approximate surface area is 130 Å². The van der Waals surface area contributed by atoms with Crippen molar-refractivity contribution in [3.8, 4) is 0 Å². The van der Waals surface area contributed by atoms with Crippen molar-refractivity contribution < 1.29 is 0 Å². The van der Waals surface area contributed by atoms with Crippen LogP contribution in [0.3, 0.4) is 0 Å². The van der Waals surface area contributed by atoms with E-state index < -0.39 is 0 Å². The summed E-state index contributed by atoms with van der Waals surface area (Å²) in [5.41, 5.74) is 10.5. The van der Waals surface area contributed by atoms with Gasteiger partial charge in [-0.2, -0.15) is 0 Å². The van der Waals surface area contributed by atoms with Gasteiger partial charge in [-0.25, -0.2) is 0 Å². The number of nitrogens with zero attached hydrogens (tertiary/aromatic N) is 1. The van der Waals surface area contributed by atoms with E-state index in [2.05, 4.69) is 54.1 Å². The monoisotopic (exact) mass is 298 g/mol. The molecule has 3 heteroatoms. The normalized spacial score (nSPS) is 11.2. The van der Waals surface area contributed by atoms with E-state index in [9.17, 15) is 0 Å². The summed E-state index contributed by atoms with van der Waals surface area (Å²) < 4.78 is 2.24. The Balaban J connectivity index is 1.98. The van der Waals surface area contributed by atoms with Gasteiger partial charge in [0.15, 0.2) is 0 Å². The molecule has 0 aliphatic carbocycles. The summed E-state index contributed by atoms with van der Waals surface area (Å²) in [5.74, 6) is 0. The van der Waals surface area contributed by atoms with E-state index in [1.165, 1.54) is 22.0 Å². The summed E-state index contributed by atoms with van der Waals surface area (Å²) in [6.45, 7) is 3.52. The molecule has 2 N–H and O–H groups in total. The molecule has 1 aromatic heterocycles. The number of fused-ring (bicyclic) bond motifs is 1. The molecule has 0 atom stereocenters. The highest BCUT2D eigenvalue weighted by atomic mass is 35.5. The van der Waals surface area contributed by atoms with E-state index in [4.69, 9.17) is 17.3 Å². The van der Waals surface area contributed by atoms with Crippen LogP contribution in [0, 0.1) is 6.92 Å². The molecule has 0 aliphatic heterocycles. The highest BCUT2D eigenvalue weighted by Crippen LogP contribution is 2.23. The van der Waals surface area contributed by atoms with Crippen LogP contribution < -0.4 is 5.73 Å². The van der Waals surface area contributed by atoms with Crippen molar-refractivity contribution in [1.29, 1.82) is 0 Å². The third kappa shape index (κ3) is 2.97. The second-order valence-corrected chi connectivity index (χ2v) is 5.88. The maximum absolute atomic E-state index is 6.35. The number of nitrogens with two attached hydrogens (primary N) is 1. The first-order valence-corrected chi connectivity index (χ1v) is 7.58. The standard InChI is InChI=1S/C18H19ClN2/c1-13-2-4-16(17(19)10-13)12-21-9-7-15-5-3-14(6-8-20)11-18(15)21/h2-5,7,9-11H,6,8,12,20H2,1H3. The zero-order chi connectivity index (χ0) is 14.8. The third-order valence-corrected chi connectivity index (χ3v) is 4.17. The fourth-order valence-electron chi connectivity index (χ4n) is 2.65. The summed E-state index contributed by atoms with van der Waals surface area (Å²) in [4.78, 5) is 0. The Bertz CT molecular complexity index is 774. The average Bonchev–Trinajstić information content (AvgIpc) is 2.85. The highest BCUT2D eigenvalue weighted by molar-refractivity contribution is 6.31. The van der Waals surface area contributed by atoms with Crippen LogP contribution in [0.2, 0.25) is 5.02 Å². The van der Waals surface area contributed by atoms with Gasteiger partial charge < -0.3 is 10.3 Å². The van der Waals surface area contributed by atoms with E-state index in [0.717, 1.165) is 23.6 Å². The van der Waals surface area contributed by atoms with E-state index in [-0.39, 0.29) is 0 Å². The summed E-state index contributed by atoms with van der Waals surface area (Å²) in [5, 5.41) is 2.08. The van der Waals surface area contributed by atoms with Crippen LogP contribution in [-0.4, -0.2) is 11.1 Å². The van der Waals surface area contributed by atoms with Crippen LogP contribution in [0.5, 0.6) is 0 Å². The van der Waals surface area contributed by atoms with Gasteiger partial charge in [0.05, 0.1) is 0 Å². The molecule has 0 amide bonds. The van der Waals surface area contributed by atoms with Crippen molar-refractivity contribution >= 4 is 22.5 Å². The Kier molecular flexibility index (Phi) is 4.00. The second kappa shape index (κ2) is 5.92. The summed E-state index contributed by atoms with van der Waals surface area (Å²) in [6.07, 6.45) is 3.03. The maximum Gasteiger partial charge on any atom is 0.0490 e. The minimum atomic E-state index is 0.677. The Morgan fingerprint density at radius 3 is 2.71 bits per heavy atom. The fourth-order valence-corrected chi connectivity index (χ4v) is 2.95. The Morgan fingerprint density at radius 2 is 1.95 bits per heavy atom. The first kappa shape index (κ1) is 14.2. The second-order valence-electron chi connectivity index (χ2n) is 5.47. The summed E-state index contributed by atoms with van der Waals surface area (Å²) >= 11 is 6.35. The molecule has 3 rings (SSSR count). The predicted molar refractivity (Wildman–Crippen MR) is 90.0 cm³/mol. The minimum Gasteiger partial charge on any atom is -0.343 e. The Morgan fingerprint density at radius 1 is 1.10 bits per heavy atom. The minimum absolute atomic E-state index is 0.677. The van der Waals surface area contributed by atoms with Gasteiger partial charge in [-0.1, -0.05) is 35.9 Å². The molecule has 108 valence electrons. The molecule has 0 fully saturated rings. The number of aromatic nitrogens is 1. The van der Waals surface area contributed by atoms with Crippen LogP contribution >= 0.6 is 11.6 Å². The highest BCUT2D eigenvalue weighted by Gasteiger charge is 2.06. The van der Waals surface area contributed by atoms with Crippen LogP contribution in [-0.2, 0) is 13.0 Å². The molecule has 2 nitrogen and oxygen atoms in total. The van der Waals surface area contributed by atoms with Crippen molar-refractivity contribution in [2.24, 2.45) is 5.73 Å². The van der Waals surface area contributed by atoms with Crippen molar-refractivity contribution in [3.63, 3.8) is 0 Å². The quantitative estimate of drug-likeness (QED) is 0.770. The van der Waals surface area contributed by atoms with Gasteiger partial charge >= 0.3 is 0 Å². The number of hydrogen-bond donors (Lipinski definition) is 1. The smallest absolute Gasteiger partial charge is 0.0490 e. The molecule has 3 aromatic rings. The van der Waals surface area contributed by atoms with E-state index in [1.807, 2.05) is 6.07 Å². The van der Waals surface area contributed by atoms with E-state index in [0.29, 0.717) is 6.54 Å². The van der Waals surface area contributed by atoms with Crippen molar-refractivity contribution in [1.82, 2.24) is 4.57 Å². The SMILES string of the molecule is Cc1ccc(Cn2ccc3ccc(CCN)cc32)c(Cl)c1. The zero-order valence-electron chi connectivity index (χ0n) is 12.1. The molecular weight excluding hydrogens is 280 g/mol. The van der Waals surface area contributed by atoms with Crippen molar-refractivity contribution in [2.75, 3.05) is 6.54 Å². The maximum atomic E-state index is 6.35. The molecular formula is C18H19ClN2. The molecule has 21 heavy (non-hydrogen) atoms. The molecule has 2 aromatic carbocycles. The van der Waals surface area contributed by atoms with Crippen molar-refractivity contribution in [2.45, 2.75) is 19.9 Å². The van der Waals surface area contributed by atoms with Gasteiger partial charge in [0, 0.05) is 23.3 Å². The summed E-state index contributed by atoms with van der Waals surface area (Å²) in [7, 11) is 0. The van der Waals surface area contributed by atoms with Gasteiger partial charge in [-0.15, -0.1) is 0 Å². The van der Waals surface area contributed by atoms with Crippen LogP contribution in [0.15, 0.2) is 48.7 Å². The lowest BCUT2D eigenvalue weighted by Gasteiger charge is -2.09. The van der Waals surface area contributed by atoms with Gasteiger partial charge in [0.2, 0.25) is 0 Å². The first-order chi connectivity index (χ1) is 10.2. The van der Waals surface area contributed by atoms with Gasteiger partial charge in [0.25, 0.3) is 0 Å². The average molecular weight is 299 g/mol. The molecule has 0 spiro atoms. The number of rotatable bonds is 4. The van der Waals surface area contributed by atoms with Crippen LogP contribution in [0.25, 0.3) is 10.9 Å². The molecule has 0 radical (unpaired) electrons. The third-order valence-electron chi connectivity index (χ3n) is 3.82. The number of benzene rings is 2. The molecule has 0 saturated heterocycles.